The Hall–Kier alpha value is -0.250. The van der Waals surface area contributed by atoms with Crippen LogP contribution in [0, 0.1) is 0 Å². The number of alkyl halides is 1. The number of rotatable bonds is 1. The SMILES string of the molecule is O=C(O)N1CCCC1CBr. The molecule has 1 N–H and O–H groups in total. The average molecular weight is 208 g/mol. The van der Waals surface area contributed by atoms with E-state index in [1.165, 1.54) is 4.90 Å². The van der Waals surface area contributed by atoms with Crippen LogP contribution in [0.5, 0.6) is 0 Å². The highest BCUT2D eigenvalue weighted by molar-refractivity contribution is 9.09. The van der Waals surface area contributed by atoms with E-state index in [2.05, 4.69) is 15.9 Å². The summed E-state index contributed by atoms with van der Waals surface area (Å²) in [5, 5.41) is 9.38. The minimum atomic E-state index is -0.790. The van der Waals surface area contributed by atoms with Gasteiger partial charge < -0.3 is 10.0 Å². The van der Waals surface area contributed by atoms with Crippen LogP contribution >= 0.6 is 15.9 Å². The van der Waals surface area contributed by atoms with E-state index in [-0.39, 0.29) is 6.04 Å². The molecule has 10 heavy (non-hydrogen) atoms. The van der Waals surface area contributed by atoms with Crippen LogP contribution in [-0.4, -0.2) is 34.0 Å². The van der Waals surface area contributed by atoms with Crippen LogP contribution in [0.3, 0.4) is 0 Å². The molecule has 1 unspecified atom stereocenters. The van der Waals surface area contributed by atoms with Gasteiger partial charge in [0, 0.05) is 17.9 Å². The lowest BCUT2D eigenvalue weighted by Crippen LogP contribution is -2.35. The molecule has 1 rings (SSSR count). The fraction of sp³-hybridized carbons (Fsp3) is 0.833. The Labute approximate surface area is 68.1 Å². The molecule has 0 aromatic rings. The number of halogens is 1. The molecular formula is C6H10BrNO2. The number of hydrogen-bond acceptors (Lipinski definition) is 1. The van der Waals surface area contributed by atoms with Gasteiger partial charge in [-0.1, -0.05) is 15.9 Å². The van der Waals surface area contributed by atoms with E-state index >= 15 is 0 Å². The van der Waals surface area contributed by atoms with Crippen LogP contribution in [0.25, 0.3) is 0 Å². The predicted molar refractivity (Wildman–Crippen MR) is 41.5 cm³/mol. The molecule has 3 nitrogen and oxygen atoms in total. The van der Waals surface area contributed by atoms with E-state index in [4.69, 9.17) is 5.11 Å². The van der Waals surface area contributed by atoms with Crippen molar-refractivity contribution in [1.82, 2.24) is 4.90 Å². The second kappa shape index (κ2) is 3.23. The number of amides is 1. The van der Waals surface area contributed by atoms with Gasteiger partial charge in [0.1, 0.15) is 0 Å². The summed E-state index contributed by atoms with van der Waals surface area (Å²) in [5.41, 5.74) is 0. The Balaban J connectivity index is 2.50. The summed E-state index contributed by atoms with van der Waals surface area (Å²) in [5.74, 6) is 0. The van der Waals surface area contributed by atoms with Gasteiger partial charge in [-0.25, -0.2) is 4.79 Å². The van der Waals surface area contributed by atoms with E-state index in [1.807, 2.05) is 0 Å². The molecule has 0 aromatic carbocycles. The lowest BCUT2D eigenvalue weighted by atomic mass is 10.2. The fourth-order valence-electron chi connectivity index (χ4n) is 1.25. The van der Waals surface area contributed by atoms with Crippen molar-refractivity contribution < 1.29 is 9.90 Å². The smallest absolute Gasteiger partial charge is 0.407 e. The summed E-state index contributed by atoms with van der Waals surface area (Å²) in [6.07, 6.45) is 1.21. The zero-order valence-electron chi connectivity index (χ0n) is 5.59. The second-order valence-corrected chi connectivity index (χ2v) is 3.07. The summed E-state index contributed by atoms with van der Waals surface area (Å²) in [6.45, 7) is 0.700. The van der Waals surface area contributed by atoms with Gasteiger partial charge in [-0.3, -0.25) is 0 Å². The largest absolute Gasteiger partial charge is 0.465 e. The Bertz CT molecular complexity index is 140. The number of carboxylic acid groups (broad SMARTS) is 1. The third kappa shape index (κ3) is 1.42. The molecule has 4 heteroatoms. The Morgan fingerprint density at radius 3 is 2.90 bits per heavy atom. The highest BCUT2D eigenvalue weighted by Gasteiger charge is 2.26. The molecule has 0 aromatic heterocycles. The summed E-state index contributed by atoms with van der Waals surface area (Å²) in [7, 11) is 0. The van der Waals surface area contributed by atoms with Crippen LogP contribution in [0.2, 0.25) is 0 Å². The number of nitrogens with zero attached hydrogens (tertiary/aromatic N) is 1. The van der Waals surface area contributed by atoms with Gasteiger partial charge in [0.05, 0.1) is 0 Å². The van der Waals surface area contributed by atoms with E-state index in [0.717, 1.165) is 18.2 Å². The molecule has 1 saturated heterocycles. The van der Waals surface area contributed by atoms with Crippen molar-refractivity contribution in [3.63, 3.8) is 0 Å². The quantitative estimate of drug-likeness (QED) is 0.663. The van der Waals surface area contributed by atoms with Gasteiger partial charge >= 0.3 is 6.09 Å². The third-order valence-corrected chi connectivity index (χ3v) is 2.55. The monoisotopic (exact) mass is 207 g/mol. The minimum absolute atomic E-state index is 0.206. The second-order valence-electron chi connectivity index (χ2n) is 2.43. The summed E-state index contributed by atoms with van der Waals surface area (Å²) < 4.78 is 0. The van der Waals surface area contributed by atoms with Gasteiger partial charge in [-0.05, 0) is 12.8 Å². The standard InChI is InChI=1S/C6H10BrNO2/c7-4-5-2-1-3-8(5)6(9)10/h5H,1-4H2,(H,9,10). The fourth-order valence-corrected chi connectivity index (χ4v) is 1.92. The highest BCUT2D eigenvalue weighted by atomic mass is 79.9. The highest BCUT2D eigenvalue weighted by Crippen LogP contribution is 2.18. The van der Waals surface area contributed by atoms with Crippen molar-refractivity contribution in [2.45, 2.75) is 18.9 Å². The predicted octanol–water partition coefficient (Wildman–Crippen LogP) is 1.52. The number of carbonyl (C=O) groups is 1. The van der Waals surface area contributed by atoms with E-state index in [1.54, 1.807) is 0 Å². The van der Waals surface area contributed by atoms with Gasteiger partial charge in [0.2, 0.25) is 0 Å². The molecule has 1 fully saturated rings. The Kier molecular flexibility index (Phi) is 2.54. The van der Waals surface area contributed by atoms with Crippen molar-refractivity contribution in [3.05, 3.63) is 0 Å². The zero-order valence-corrected chi connectivity index (χ0v) is 7.17. The van der Waals surface area contributed by atoms with Crippen molar-refractivity contribution in [2.24, 2.45) is 0 Å². The molecule has 0 radical (unpaired) electrons. The van der Waals surface area contributed by atoms with E-state index in [0.29, 0.717) is 6.54 Å². The first-order valence-electron chi connectivity index (χ1n) is 3.31. The topological polar surface area (TPSA) is 40.5 Å². The maximum atomic E-state index is 10.5. The molecule has 1 aliphatic heterocycles. The van der Waals surface area contributed by atoms with Gasteiger partial charge in [0.25, 0.3) is 0 Å². The van der Waals surface area contributed by atoms with Crippen LogP contribution in [0.15, 0.2) is 0 Å². The van der Waals surface area contributed by atoms with Crippen molar-refractivity contribution in [1.29, 1.82) is 0 Å². The summed E-state index contributed by atoms with van der Waals surface area (Å²) in [6, 6.07) is 0.206. The first kappa shape index (κ1) is 7.85. The number of hydrogen-bond donors (Lipinski definition) is 1. The number of likely N-dealkylation sites (tertiary alicyclic amines) is 1. The lowest BCUT2D eigenvalue weighted by molar-refractivity contribution is 0.144. The molecule has 58 valence electrons. The first-order valence-corrected chi connectivity index (χ1v) is 4.43. The lowest BCUT2D eigenvalue weighted by Gasteiger charge is -2.18. The van der Waals surface area contributed by atoms with Gasteiger partial charge in [0.15, 0.2) is 0 Å². The van der Waals surface area contributed by atoms with Crippen LogP contribution in [0.4, 0.5) is 4.79 Å². The maximum Gasteiger partial charge on any atom is 0.407 e. The summed E-state index contributed by atoms with van der Waals surface area (Å²) in [4.78, 5) is 12.0. The van der Waals surface area contributed by atoms with Gasteiger partial charge in [-0.15, -0.1) is 0 Å². The normalized spacial score (nSPS) is 25.3. The third-order valence-electron chi connectivity index (χ3n) is 1.80. The average Bonchev–Trinajstić information content (AvgIpc) is 2.33. The van der Waals surface area contributed by atoms with Crippen LogP contribution in [0.1, 0.15) is 12.8 Å². The van der Waals surface area contributed by atoms with E-state index in [9.17, 15) is 4.79 Å². The molecule has 1 amide bonds. The molecule has 1 aliphatic rings. The van der Waals surface area contributed by atoms with Crippen LogP contribution in [-0.2, 0) is 0 Å². The molecular weight excluding hydrogens is 198 g/mol. The molecule has 1 heterocycles. The van der Waals surface area contributed by atoms with Gasteiger partial charge in [-0.2, -0.15) is 0 Å². The molecule has 0 aliphatic carbocycles. The summed E-state index contributed by atoms with van der Waals surface area (Å²) >= 11 is 3.28. The van der Waals surface area contributed by atoms with Crippen molar-refractivity contribution in [3.8, 4) is 0 Å². The molecule has 0 saturated carbocycles. The maximum absolute atomic E-state index is 10.5. The Morgan fingerprint density at radius 1 is 1.80 bits per heavy atom. The molecule has 0 spiro atoms. The zero-order chi connectivity index (χ0) is 7.56. The van der Waals surface area contributed by atoms with Crippen molar-refractivity contribution >= 4 is 22.0 Å². The van der Waals surface area contributed by atoms with Crippen LogP contribution < -0.4 is 0 Å². The minimum Gasteiger partial charge on any atom is -0.465 e. The molecule has 1 atom stereocenters. The Morgan fingerprint density at radius 2 is 2.50 bits per heavy atom. The van der Waals surface area contributed by atoms with E-state index < -0.39 is 6.09 Å². The molecule has 0 bridgehead atoms. The van der Waals surface area contributed by atoms with Crippen molar-refractivity contribution in [2.75, 3.05) is 11.9 Å². The first-order chi connectivity index (χ1) is 4.75.